The third-order valence-corrected chi connectivity index (χ3v) is 8.56. The van der Waals surface area contributed by atoms with Crippen molar-refractivity contribution in [3.8, 4) is 5.75 Å². The van der Waals surface area contributed by atoms with Gasteiger partial charge in [-0.1, -0.05) is 26.0 Å². The molecule has 3 aromatic rings. The molecule has 226 valence electrons. The van der Waals surface area contributed by atoms with Crippen LogP contribution in [0.4, 0.5) is 14.5 Å². The van der Waals surface area contributed by atoms with Crippen LogP contribution in [0.5, 0.6) is 5.75 Å². The highest BCUT2D eigenvalue weighted by Crippen LogP contribution is 2.27. The Balaban J connectivity index is 2.05. The second-order valence-corrected chi connectivity index (χ2v) is 11.6. The minimum Gasteiger partial charge on any atom is -0.494 e. The van der Waals surface area contributed by atoms with Gasteiger partial charge in [0, 0.05) is 12.6 Å². The van der Waals surface area contributed by atoms with Gasteiger partial charge in [0.15, 0.2) is 0 Å². The molecule has 0 spiro atoms. The number of carbonyl (C=O) groups excluding carboxylic acids is 2. The Morgan fingerprint density at radius 3 is 1.95 bits per heavy atom. The molecule has 0 bridgehead atoms. The Bertz CT molecular complexity index is 1430. The Morgan fingerprint density at radius 2 is 1.43 bits per heavy atom. The summed E-state index contributed by atoms with van der Waals surface area (Å²) in [5.74, 6) is -1.58. The van der Waals surface area contributed by atoms with E-state index in [1.54, 1.807) is 19.1 Å². The molecular weight excluding hydrogens is 564 g/mol. The lowest BCUT2D eigenvalue weighted by molar-refractivity contribution is -0.140. The number of ether oxygens (including phenoxy) is 1. The zero-order chi connectivity index (χ0) is 30.9. The van der Waals surface area contributed by atoms with Gasteiger partial charge in [-0.25, -0.2) is 17.2 Å². The summed E-state index contributed by atoms with van der Waals surface area (Å²) in [5.41, 5.74) is 0.739. The van der Waals surface area contributed by atoms with E-state index >= 15 is 0 Å². The van der Waals surface area contributed by atoms with Crippen molar-refractivity contribution < 1.29 is 31.5 Å². The number of halogens is 2. The van der Waals surface area contributed by atoms with E-state index in [1.165, 1.54) is 41.3 Å². The predicted octanol–water partition coefficient (Wildman–Crippen LogP) is 5.28. The van der Waals surface area contributed by atoms with Crippen molar-refractivity contribution in [1.29, 1.82) is 0 Å². The first-order chi connectivity index (χ1) is 20.0. The standard InChI is InChI=1S/C31H37F2N3O5S/c1-5-22(4)34-31(38)29(6-2)35(20-23-8-10-24(32)11-9-23)30(37)21-36(26-14-16-27(17-15-26)41-7-3)42(39,40)28-18-12-25(33)13-19-28/h8-19,22,29H,5-7,20-21H2,1-4H3,(H,34,38). The molecule has 42 heavy (non-hydrogen) atoms. The number of anilines is 1. The van der Waals surface area contributed by atoms with Crippen molar-refractivity contribution in [2.24, 2.45) is 0 Å². The Kier molecular flexibility index (Phi) is 11.4. The van der Waals surface area contributed by atoms with Crippen LogP contribution < -0.4 is 14.4 Å². The van der Waals surface area contributed by atoms with Crippen LogP contribution in [0.1, 0.15) is 46.1 Å². The lowest BCUT2D eigenvalue weighted by Gasteiger charge is -2.33. The highest BCUT2D eigenvalue weighted by atomic mass is 32.2. The summed E-state index contributed by atoms with van der Waals surface area (Å²) >= 11 is 0. The number of benzene rings is 3. The molecule has 2 unspecified atom stereocenters. The van der Waals surface area contributed by atoms with Crippen LogP contribution in [0.2, 0.25) is 0 Å². The first-order valence-corrected chi connectivity index (χ1v) is 15.3. The summed E-state index contributed by atoms with van der Waals surface area (Å²) < 4.78 is 61.4. The second-order valence-electron chi connectivity index (χ2n) is 9.78. The van der Waals surface area contributed by atoms with Gasteiger partial charge in [0.2, 0.25) is 11.8 Å². The maximum atomic E-state index is 14.0. The number of carbonyl (C=O) groups is 2. The quantitative estimate of drug-likeness (QED) is 0.271. The molecule has 3 aromatic carbocycles. The van der Waals surface area contributed by atoms with Crippen LogP contribution in [0.3, 0.4) is 0 Å². The molecule has 11 heteroatoms. The van der Waals surface area contributed by atoms with Crippen LogP contribution in [0, 0.1) is 11.6 Å². The van der Waals surface area contributed by atoms with E-state index < -0.39 is 40.2 Å². The summed E-state index contributed by atoms with van der Waals surface area (Å²) in [7, 11) is -4.35. The average Bonchev–Trinajstić information content (AvgIpc) is 2.97. The van der Waals surface area contributed by atoms with Crippen LogP contribution in [-0.2, 0) is 26.2 Å². The van der Waals surface area contributed by atoms with Gasteiger partial charge in [0.1, 0.15) is 30.0 Å². The van der Waals surface area contributed by atoms with Gasteiger partial charge in [0.05, 0.1) is 17.2 Å². The molecule has 0 saturated heterocycles. The molecule has 2 atom stereocenters. The summed E-state index contributed by atoms with van der Waals surface area (Å²) in [5, 5.41) is 2.90. The fourth-order valence-electron chi connectivity index (χ4n) is 4.28. The van der Waals surface area contributed by atoms with E-state index in [-0.39, 0.29) is 35.5 Å². The molecule has 0 aliphatic carbocycles. The highest BCUT2D eigenvalue weighted by molar-refractivity contribution is 7.92. The maximum Gasteiger partial charge on any atom is 0.264 e. The number of rotatable bonds is 14. The molecule has 0 aliphatic rings. The number of sulfonamides is 1. The molecule has 0 aromatic heterocycles. The molecular formula is C31H37F2N3O5S. The van der Waals surface area contributed by atoms with Crippen molar-refractivity contribution in [1.82, 2.24) is 10.2 Å². The van der Waals surface area contributed by atoms with Gasteiger partial charge in [-0.3, -0.25) is 13.9 Å². The molecule has 8 nitrogen and oxygen atoms in total. The van der Waals surface area contributed by atoms with Gasteiger partial charge < -0.3 is 15.0 Å². The second kappa shape index (κ2) is 14.8. The van der Waals surface area contributed by atoms with Gasteiger partial charge in [0.25, 0.3) is 10.0 Å². The summed E-state index contributed by atoms with van der Waals surface area (Å²) in [4.78, 5) is 28.4. The Hall–Kier alpha value is -3.99. The van der Waals surface area contributed by atoms with Crippen LogP contribution in [0.15, 0.2) is 77.7 Å². The first-order valence-electron chi connectivity index (χ1n) is 13.9. The van der Waals surface area contributed by atoms with Gasteiger partial charge in [-0.05, 0) is 92.9 Å². The van der Waals surface area contributed by atoms with Gasteiger partial charge in [-0.2, -0.15) is 0 Å². The molecule has 0 saturated carbocycles. The first kappa shape index (κ1) is 32.5. The minimum absolute atomic E-state index is 0.0563. The van der Waals surface area contributed by atoms with Gasteiger partial charge >= 0.3 is 0 Å². The number of nitrogens with zero attached hydrogens (tertiary/aromatic N) is 2. The molecule has 0 aliphatic heterocycles. The summed E-state index contributed by atoms with van der Waals surface area (Å²) in [6, 6.07) is 14.9. The van der Waals surface area contributed by atoms with E-state index in [0.29, 0.717) is 24.3 Å². The van der Waals surface area contributed by atoms with E-state index in [4.69, 9.17) is 4.74 Å². The van der Waals surface area contributed by atoms with Crippen molar-refractivity contribution >= 4 is 27.5 Å². The highest BCUT2D eigenvalue weighted by Gasteiger charge is 2.34. The SMILES string of the molecule is CCOc1ccc(N(CC(=O)N(Cc2ccc(F)cc2)C(CC)C(=O)NC(C)CC)S(=O)(=O)c2ccc(F)cc2)cc1. The van der Waals surface area contributed by atoms with Crippen LogP contribution in [0.25, 0.3) is 0 Å². The van der Waals surface area contributed by atoms with E-state index in [0.717, 1.165) is 28.6 Å². The van der Waals surface area contributed by atoms with Crippen LogP contribution >= 0.6 is 0 Å². The van der Waals surface area contributed by atoms with E-state index in [9.17, 15) is 26.8 Å². The molecule has 0 fully saturated rings. The van der Waals surface area contributed by atoms with Crippen molar-refractivity contribution in [3.63, 3.8) is 0 Å². The van der Waals surface area contributed by atoms with Crippen LogP contribution in [-0.4, -0.2) is 50.4 Å². The van der Waals surface area contributed by atoms with E-state index in [2.05, 4.69) is 5.32 Å². The smallest absolute Gasteiger partial charge is 0.264 e. The fourth-order valence-corrected chi connectivity index (χ4v) is 5.70. The topological polar surface area (TPSA) is 96.0 Å². The van der Waals surface area contributed by atoms with Crippen molar-refractivity contribution in [2.75, 3.05) is 17.5 Å². The van der Waals surface area contributed by atoms with E-state index in [1.807, 2.05) is 20.8 Å². The summed E-state index contributed by atoms with van der Waals surface area (Å²) in [6.07, 6.45) is 0.929. The largest absolute Gasteiger partial charge is 0.494 e. The monoisotopic (exact) mass is 601 g/mol. The lowest BCUT2D eigenvalue weighted by Crippen LogP contribution is -2.53. The van der Waals surface area contributed by atoms with Crippen molar-refractivity contribution in [3.05, 3.63) is 90.0 Å². The third-order valence-electron chi connectivity index (χ3n) is 6.77. The van der Waals surface area contributed by atoms with Crippen molar-refractivity contribution in [2.45, 2.75) is 64.1 Å². The fraction of sp³-hybridized carbons (Fsp3) is 0.355. The summed E-state index contributed by atoms with van der Waals surface area (Å²) in [6.45, 7) is 7.04. The Labute approximate surface area is 246 Å². The number of hydrogen-bond acceptors (Lipinski definition) is 5. The maximum absolute atomic E-state index is 14.0. The lowest BCUT2D eigenvalue weighted by atomic mass is 10.1. The zero-order valence-corrected chi connectivity index (χ0v) is 25.0. The predicted molar refractivity (Wildman–Crippen MR) is 157 cm³/mol. The molecule has 3 rings (SSSR count). The molecule has 2 amide bonds. The Morgan fingerprint density at radius 1 is 0.857 bits per heavy atom. The molecule has 0 radical (unpaired) electrons. The molecule has 1 N–H and O–H groups in total. The minimum atomic E-state index is -4.35. The average molecular weight is 602 g/mol. The molecule has 0 heterocycles. The zero-order valence-electron chi connectivity index (χ0n) is 24.2. The number of nitrogens with one attached hydrogen (secondary N) is 1. The third kappa shape index (κ3) is 8.28. The van der Waals surface area contributed by atoms with Gasteiger partial charge in [-0.15, -0.1) is 0 Å². The normalized spacial score (nSPS) is 12.7. The number of amides is 2. The number of hydrogen-bond donors (Lipinski definition) is 1.